The Morgan fingerprint density at radius 3 is 2.30 bits per heavy atom. The zero-order valence-electron chi connectivity index (χ0n) is 15.6. The molecule has 5 heteroatoms. The number of fused-ring (bicyclic) bond motifs is 2. The van der Waals surface area contributed by atoms with Crippen LogP contribution in [0.15, 0.2) is 48.8 Å². The lowest BCUT2D eigenvalue weighted by Gasteiger charge is -2.39. The van der Waals surface area contributed by atoms with Crippen molar-refractivity contribution < 1.29 is 9.59 Å². The van der Waals surface area contributed by atoms with Gasteiger partial charge in [-0.15, -0.1) is 0 Å². The minimum absolute atomic E-state index is 0.0544. The van der Waals surface area contributed by atoms with Crippen LogP contribution in [0.5, 0.6) is 0 Å². The van der Waals surface area contributed by atoms with E-state index in [0.29, 0.717) is 12.0 Å². The Bertz CT molecular complexity index is 805. The van der Waals surface area contributed by atoms with E-state index in [4.69, 9.17) is 0 Å². The van der Waals surface area contributed by atoms with Crippen molar-refractivity contribution in [1.29, 1.82) is 0 Å². The maximum absolute atomic E-state index is 12.9. The van der Waals surface area contributed by atoms with Gasteiger partial charge in [0.1, 0.15) is 0 Å². The lowest BCUT2D eigenvalue weighted by atomic mass is 9.96. The Balaban J connectivity index is 1.38. The maximum Gasteiger partial charge on any atom is 0.251 e. The molecule has 0 aliphatic carbocycles. The molecule has 5 nitrogen and oxygen atoms in total. The van der Waals surface area contributed by atoms with Gasteiger partial charge in [-0.1, -0.05) is 29.8 Å². The van der Waals surface area contributed by atoms with E-state index < -0.39 is 0 Å². The van der Waals surface area contributed by atoms with E-state index in [2.05, 4.69) is 34.3 Å². The third-order valence-corrected chi connectivity index (χ3v) is 5.77. The highest BCUT2D eigenvalue weighted by molar-refractivity contribution is 5.94. The fourth-order valence-corrected chi connectivity index (χ4v) is 4.45. The van der Waals surface area contributed by atoms with Crippen LogP contribution in [0.1, 0.15) is 47.2 Å². The number of amides is 2. The number of nitrogens with zero attached hydrogens (tertiary/aromatic N) is 2. The normalized spacial score (nSPS) is 23.9. The molecule has 0 radical (unpaired) electrons. The van der Waals surface area contributed by atoms with E-state index in [0.717, 1.165) is 31.2 Å². The first-order valence-corrected chi connectivity index (χ1v) is 9.68. The molecule has 2 fully saturated rings. The van der Waals surface area contributed by atoms with Gasteiger partial charge in [-0.2, -0.15) is 0 Å². The van der Waals surface area contributed by atoms with Crippen LogP contribution in [0.2, 0.25) is 0 Å². The van der Waals surface area contributed by atoms with Gasteiger partial charge >= 0.3 is 0 Å². The van der Waals surface area contributed by atoms with Gasteiger partial charge < -0.3 is 10.2 Å². The molecule has 2 unspecified atom stereocenters. The van der Waals surface area contributed by atoms with Gasteiger partial charge in [0.2, 0.25) is 5.91 Å². The number of rotatable bonds is 4. The molecule has 0 saturated carbocycles. The largest absolute Gasteiger partial charge is 0.349 e. The third kappa shape index (κ3) is 3.87. The Hall–Kier alpha value is -2.69. The number of carbonyl (C=O) groups is 2. The molecular formula is C22H25N3O2. The minimum atomic E-state index is -0.0544. The van der Waals surface area contributed by atoms with Crippen LogP contribution >= 0.6 is 0 Å². The van der Waals surface area contributed by atoms with Gasteiger partial charge in [0, 0.05) is 36.1 Å². The number of hydrogen-bond acceptors (Lipinski definition) is 3. The highest BCUT2D eigenvalue weighted by atomic mass is 16.2. The van der Waals surface area contributed by atoms with E-state index in [1.807, 2.05) is 12.1 Å². The molecule has 4 rings (SSSR count). The summed E-state index contributed by atoms with van der Waals surface area (Å²) in [4.78, 5) is 31.4. The summed E-state index contributed by atoms with van der Waals surface area (Å²) in [6.45, 7) is 2.05. The average Bonchev–Trinajstić information content (AvgIpc) is 2.95. The molecule has 2 atom stereocenters. The van der Waals surface area contributed by atoms with Gasteiger partial charge in [0.05, 0.1) is 6.42 Å². The summed E-state index contributed by atoms with van der Waals surface area (Å²) >= 11 is 0. The molecule has 0 spiro atoms. The molecule has 2 bridgehead atoms. The molecule has 1 aromatic carbocycles. The second-order valence-electron chi connectivity index (χ2n) is 7.73. The highest BCUT2D eigenvalue weighted by Gasteiger charge is 2.43. The van der Waals surface area contributed by atoms with E-state index in [1.165, 1.54) is 5.56 Å². The molecule has 2 aliphatic heterocycles. The number of aromatic nitrogens is 1. The second kappa shape index (κ2) is 7.51. The van der Waals surface area contributed by atoms with Gasteiger partial charge in [0.25, 0.3) is 5.91 Å². The number of carbonyl (C=O) groups excluding carboxylic acids is 2. The molecule has 2 saturated heterocycles. The fourth-order valence-electron chi connectivity index (χ4n) is 4.45. The van der Waals surface area contributed by atoms with Crippen LogP contribution in [0.25, 0.3) is 0 Å². The Morgan fingerprint density at radius 1 is 1.04 bits per heavy atom. The van der Waals surface area contributed by atoms with Crippen LogP contribution < -0.4 is 5.32 Å². The monoisotopic (exact) mass is 363 g/mol. The lowest BCUT2D eigenvalue weighted by Crippen LogP contribution is -2.52. The summed E-state index contributed by atoms with van der Waals surface area (Å²) in [6, 6.07) is 12.2. The van der Waals surface area contributed by atoms with Crippen molar-refractivity contribution in [3.63, 3.8) is 0 Å². The van der Waals surface area contributed by atoms with Crippen LogP contribution in [-0.2, 0) is 11.2 Å². The van der Waals surface area contributed by atoms with E-state index in [-0.39, 0.29) is 29.9 Å². The molecule has 3 heterocycles. The van der Waals surface area contributed by atoms with Crippen LogP contribution in [0.3, 0.4) is 0 Å². The summed E-state index contributed by atoms with van der Waals surface area (Å²) in [6.07, 6.45) is 7.47. The molecule has 1 N–H and O–H groups in total. The number of nitrogens with one attached hydrogen (secondary N) is 1. The number of aryl methyl sites for hydroxylation is 1. The molecule has 2 aromatic rings. The number of benzene rings is 1. The lowest BCUT2D eigenvalue weighted by molar-refractivity contribution is -0.135. The maximum atomic E-state index is 12.9. The topological polar surface area (TPSA) is 62.3 Å². The van der Waals surface area contributed by atoms with Crippen molar-refractivity contribution in [2.75, 3.05) is 0 Å². The summed E-state index contributed by atoms with van der Waals surface area (Å²) < 4.78 is 0. The first-order chi connectivity index (χ1) is 13.1. The summed E-state index contributed by atoms with van der Waals surface area (Å²) in [5.74, 6) is 0.159. The number of pyridine rings is 1. The van der Waals surface area contributed by atoms with E-state index in [1.54, 1.807) is 24.5 Å². The van der Waals surface area contributed by atoms with E-state index in [9.17, 15) is 9.59 Å². The van der Waals surface area contributed by atoms with E-state index >= 15 is 0 Å². The Morgan fingerprint density at radius 2 is 1.67 bits per heavy atom. The molecule has 1 aromatic heterocycles. The third-order valence-electron chi connectivity index (χ3n) is 5.77. The fraction of sp³-hybridized carbons (Fsp3) is 0.409. The predicted molar refractivity (Wildman–Crippen MR) is 103 cm³/mol. The average molecular weight is 363 g/mol. The molecule has 140 valence electrons. The zero-order chi connectivity index (χ0) is 18.8. The smallest absolute Gasteiger partial charge is 0.251 e. The molecule has 2 aliphatic rings. The molecule has 2 amide bonds. The first-order valence-electron chi connectivity index (χ1n) is 9.68. The van der Waals surface area contributed by atoms with Crippen molar-refractivity contribution >= 4 is 11.8 Å². The summed E-state index contributed by atoms with van der Waals surface area (Å²) in [5, 5.41) is 3.15. The van der Waals surface area contributed by atoms with Crippen LogP contribution in [0.4, 0.5) is 0 Å². The van der Waals surface area contributed by atoms with Gasteiger partial charge in [-0.25, -0.2) is 0 Å². The van der Waals surface area contributed by atoms with Crippen LogP contribution in [-0.4, -0.2) is 39.8 Å². The van der Waals surface area contributed by atoms with Gasteiger partial charge in [-0.05, 0) is 50.3 Å². The SMILES string of the molecule is Cc1ccc(CC(=O)N2C3CCC2CC(NC(=O)c2ccncc2)C3)cc1. The first kappa shape index (κ1) is 17.7. The summed E-state index contributed by atoms with van der Waals surface area (Å²) in [5.41, 5.74) is 2.91. The van der Waals surface area contributed by atoms with Crippen molar-refractivity contribution in [2.45, 2.75) is 57.2 Å². The number of piperidine rings is 1. The van der Waals surface area contributed by atoms with Crippen molar-refractivity contribution in [3.8, 4) is 0 Å². The van der Waals surface area contributed by atoms with Gasteiger partial charge in [-0.3, -0.25) is 14.6 Å². The minimum Gasteiger partial charge on any atom is -0.349 e. The quantitative estimate of drug-likeness (QED) is 0.909. The molecule has 27 heavy (non-hydrogen) atoms. The van der Waals surface area contributed by atoms with Crippen LogP contribution in [0, 0.1) is 6.92 Å². The summed E-state index contributed by atoms with van der Waals surface area (Å²) in [7, 11) is 0. The highest BCUT2D eigenvalue weighted by Crippen LogP contribution is 2.36. The second-order valence-corrected chi connectivity index (χ2v) is 7.73. The molecular weight excluding hydrogens is 338 g/mol. The Kier molecular flexibility index (Phi) is 4.92. The standard InChI is InChI=1S/C22H25N3O2/c1-15-2-4-16(5-3-15)12-21(26)25-19-6-7-20(25)14-18(13-19)24-22(27)17-8-10-23-11-9-17/h2-5,8-11,18-20H,6-7,12-14H2,1H3,(H,24,27). The van der Waals surface area contributed by atoms with Crippen molar-refractivity contribution in [2.24, 2.45) is 0 Å². The van der Waals surface area contributed by atoms with Crippen molar-refractivity contribution in [1.82, 2.24) is 15.2 Å². The Labute approximate surface area is 159 Å². The zero-order valence-corrected chi connectivity index (χ0v) is 15.6. The van der Waals surface area contributed by atoms with Crippen molar-refractivity contribution in [3.05, 3.63) is 65.5 Å². The van der Waals surface area contributed by atoms with Gasteiger partial charge in [0.15, 0.2) is 0 Å². The predicted octanol–water partition coefficient (Wildman–Crippen LogP) is 2.88. The number of hydrogen-bond donors (Lipinski definition) is 1.